The molecule has 2 heterocycles. The molecule has 0 unspecified atom stereocenters. The average molecular weight is 458 g/mol. The van der Waals surface area contributed by atoms with Gasteiger partial charge in [-0.15, -0.1) is 0 Å². The van der Waals surface area contributed by atoms with Gasteiger partial charge in [-0.05, 0) is 35.7 Å². The summed E-state index contributed by atoms with van der Waals surface area (Å²) in [5.41, 5.74) is 2.79. The first kappa shape index (κ1) is 22.4. The van der Waals surface area contributed by atoms with Gasteiger partial charge in [0.1, 0.15) is 13.2 Å². The fourth-order valence-corrected chi connectivity index (χ4v) is 4.34. The van der Waals surface area contributed by atoms with Crippen molar-refractivity contribution in [2.45, 2.75) is 19.8 Å². The van der Waals surface area contributed by atoms with Crippen LogP contribution in [-0.2, 0) is 22.4 Å². The largest absolute Gasteiger partial charge is 0.486 e. The van der Waals surface area contributed by atoms with Crippen molar-refractivity contribution in [2.24, 2.45) is 0 Å². The van der Waals surface area contributed by atoms with Crippen molar-refractivity contribution in [2.75, 3.05) is 51.3 Å². The normalized spacial score (nSPS) is 16.0. The second-order valence-electron chi connectivity index (χ2n) is 7.99. The molecule has 2 aliphatic heterocycles. The molecule has 7 nitrogen and oxygen atoms in total. The lowest BCUT2D eigenvalue weighted by atomic mass is 10.1. The van der Waals surface area contributed by atoms with Crippen LogP contribution in [0.3, 0.4) is 0 Å². The van der Waals surface area contributed by atoms with E-state index in [4.69, 9.17) is 21.1 Å². The maximum atomic E-state index is 12.8. The van der Waals surface area contributed by atoms with Gasteiger partial charge in [0.15, 0.2) is 11.5 Å². The molecule has 1 fully saturated rings. The summed E-state index contributed by atoms with van der Waals surface area (Å²) >= 11 is 6.29. The summed E-state index contributed by atoms with van der Waals surface area (Å²) in [6, 6.07) is 11.4. The Morgan fingerprint density at radius 3 is 2.59 bits per heavy atom. The number of nitrogens with one attached hydrogen (secondary N) is 1. The number of benzene rings is 2. The monoisotopic (exact) mass is 457 g/mol. The first-order valence-corrected chi connectivity index (χ1v) is 11.4. The van der Waals surface area contributed by atoms with Gasteiger partial charge in [0.2, 0.25) is 11.8 Å². The summed E-state index contributed by atoms with van der Waals surface area (Å²) in [6.45, 7) is 5.84. The zero-order valence-electron chi connectivity index (χ0n) is 18.2. The number of amides is 2. The van der Waals surface area contributed by atoms with Crippen molar-refractivity contribution >= 4 is 29.1 Å². The zero-order chi connectivity index (χ0) is 22.5. The van der Waals surface area contributed by atoms with Crippen LogP contribution in [0.25, 0.3) is 0 Å². The minimum atomic E-state index is -0.0309. The highest BCUT2D eigenvalue weighted by atomic mass is 35.5. The van der Waals surface area contributed by atoms with Gasteiger partial charge in [-0.25, -0.2) is 0 Å². The van der Waals surface area contributed by atoms with Crippen LogP contribution < -0.4 is 14.8 Å². The summed E-state index contributed by atoms with van der Waals surface area (Å²) in [5, 5.41) is 3.47. The van der Waals surface area contributed by atoms with E-state index in [9.17, 15) is 9.59 Å². The van der Waals surface area contributed by atoms with Crippen LogP contribution >= 0.6 is 11.6 Å². The minimum absolute atomic E-state index is 0.0309. The summed E-state index contributed by atoms with van der Waals surface area (Å²) in [6.07, 6.45) is 1.12. The molecular weight excluding hydrogens is 430 g/mol. The molecule has 0 aliphatic carbocycles. The number of ether oxygens (including phenoxy) is 2. The molecule has 4 rings (SSSR count). The second-order valence-corrected chi connectivity index (χ2v) is 8.40. The smallest absolute Gasteiger partial charge is 0.238 e. The molecule has 0 bridgehead atoms. The SMILES string of the molecule is CCc1ccccc1NC(=O)CN1CCN(C(=O)Cc2cc(Cl)c3c(c2)OCCO3)CC1. The lowest BCUT2D eigenvalue weighted by molar-refractivity contribution is -0.132. The maximum absolute atomic E-state index is 12.8. The summed E-state index contributed by atoms with van der Waals surface area (Å²) < 4.78 is 11.1. The first-order valence-electron chi connectivity index (χ1n) is 11.0. The second kappa shape index (κ2) is 10.2. The van der Waals surface area contributed by atoms with E-state index in [1.165, 1.54) is 0 Å². The molecule has 0 saturated carbocycles. The predicted octanol–water partition coefficient (Wildman–Crippen LogP) is 3.00. The number of carbonyl (C=O) groups excluding carboxylic acids is 2. The molecular formula is C24H28ClN3O4. The number of carbonyl (C=O) groups is 2. The number of aryl methyl sites for hydroxylation is 1. The number of hydrogen-bond donors (Lipinski definition) is 1. The van der Waals surface area contributed by atoms with Crippen LogP contribution in [0.1, 0.15) is 18.1 Å². The van der Waals surface area contributed by atoms with E-state index in [2.05, 4.69) is 17.1 Å². The van der Waals surface area contributed by atoms with Crippen molar-refractivity contribution in [1.82, 2.24) is 9.80 Å². The van der Waals surface area contributed by atoms with E-state index in [1.54, 1.807) is 6.07 Å². The van der Waals surface area contributed by atoms with Crippen molar-refractivity contribution < 1.29 is 19.1 Å². The Morgan fingerprint density at radius 1 is 1.06 bits per heavy atom. The fraction of sp³-hybridized carbons (Fsp3) is 0.417. The Hall–Kier alpha value is -2.77. The van der Waals surface area contributed by atoms with Crippen molar-refractivity contribution in [3.8, 4) is 11.5 Å². The molecule has 2 aromatic carbocycles. The van der Waals surface area contributed by atoms with E-state index in [0.29, 0.717) is 62.5 Å². The number of rotatable bonds is 6. The Bertz CT molecular complexity index is 989. The molecule has 2 aliphatic rings. The maximum Gasteiger partial charge on any atom is 0.238 e. The van der Waals surface area contributed by atoms with E-state index >= 15 is 0 Å². The topological polar surface area (TPSA) is 71.1 Å². The molecule has 2 aromatic rings. The quantitative estimate of drug-likeness (QED) is 0.722. The standard InChI is InChI=1S/C24H28ClN3O4/c1-2-18-5-3-4-6-20(18)26-22(29)16-27-7-9-28(10-8-27)23(30)15-17-13-19(25)24-21(14-17)31-11-12-32-24/h3-6,13-14H,2,7-12,15-16H2,1H3,(H,26,29). The number of nitrogens with zero attached hydrogens (tertiary/aromatic N) is 2. The Labute approximate surface area is 193 Å². The molecule has 0 aromatic heterocycles. The van der Waals surface area contributed by atoms with Gasteiger partial charge in [-0.2, -0.15) is 0 Å². The van der Waals surface area contributed by atoms with Crippen LogP contribution in [0.15, 0.2) is 36.4 Å². The summed E-state index contributed by atoms with van der Waals surface area (Å²) in [4.78, 5) is 29.2. The number of anilines is 1. The summed E-state index contributed by atoms with van der Waals surface area (Å²) in [5.74, 6) is 1.14. The predicted molar refractivity (Wildman–Crippen MR) is 124 cm³/mol. The minimum Gasteiger partial charge on any atom is -0.486 e. The number of fused-ring (bicyclic) bond motifs is 1. The van der Waals surface area contributed by atoms with E-state index in [0.717, 1.165) is 23.2 Å². The number of halogens is 1. The molecule has 1 saturated heterocycles. The Kier molecular flexibility index (Phi) is 7.17. The lowest BCUT2D eigenvalue weighted by Crippen LogP contribution is -2.50. The molecule has 0 atom stereocenters. The third-order valence-electron chi connectivity index (χ3n) is 5.78. The van der Waals surface area contributed by atoms with Crippen LogP contribution in [0.4, 0.5) is 5.69 Å². The van der Waals surface area contributed by atoms with Crippen LogP contribution in [0.2, 0.25) is 5.02 Å². The molecule has 8 heteroatoms. The molecule has 0 spiro atoms. The Morgan fingerprint density at radius 2 is 1.81 bits per heavy atom. The molecule has 32 heavy (non-hydrogen) atoms. The fourth-order valence-electron chi connectivity index (χ4n) is 4.05. The van der Waals surface area contributed by atoms with Gasteiger partial charge < -0.3 is 19.7 Å². The average Bonchev–Trinajstić information content (AvgIpc) is 2.80. The van der Waals surface area contributed by atoms with E-state index in [-0.39, 0.29) is 18.2 Å². The van der Waals surface area contributed by atoms with Crippen LogP contribution in [0.5, 0.6) is 11.5 Å². The van der Waals surface area contributed by atoms with E-state index in [1.807, 2.05) is 35.2 Å². The van der Waals surface area contributed by atoms with Crippen LogP contribution in [-0.4, -0.2) is 67.6 Å². The molecule has 2 amide bonds. The van der Waals surface area contributed by atoms with Crippen LogP contribution in [0, 0.1) is 0 Å². The van der Waals surface area contributed by atoms with Gasteiger partial charge in [-0.1, -0.05) is 36.7 Å². The van der Waals surface area contributed by atoms with Gasteiger partial charge >= 0.3 is 0 Å². The molecule has 1 N–H and O–H groups in total. The van der Waals surface area contributed by atoms with E-state index < -0.39 is 0 Å². The van der Waals surface area contributed by atoms with Gasteiger partial charge in [0.25, 0.3) is 0 Å². The lowest BCUT2D eigenvalue weighted by Gasteiger charge is -2.34. The van der Waals surface area contributed by atoms with Crippen molar-refractivity contribution in [1.29, 1.82) is 0 Å². The van der Waals surface area contributed by atoms with Crippen molar-refractivity contribution in [3.05, 3.63) is 52.5 Å². The summed E-state index contributed by atoms with van der Waals surface area (Å²) in [7, 11) is 0. The van der Waals surface area contributed by atoms with Crippen molar-refractivity contribution in [3.63, 3.8) is 0 Å². The third-order valence-corrected chi connectivity index (χ3v) is 6.06. The number of piperazine rings is 1. The Balaban J connectivity index is 1.27. The van der Waals surface area contributed by atoms with Gasteiger partial charge in [0, 0.05) is 31.9 Å². The molecule has 0 radical (unpaired) electrons. The molecule has 170 valence electrons. The highest BCUT2D eigenvalue weighted by molar-refractivity contribution is 6.32. The number of para-hydroxylation sites is 1. The van der Waals surface area contributed by atoms with Gasteiger partial charge in [0.05, 0.1) is 18.0 Å². The highest BCUT2D eigenvalue weighted by Gasteiger charge is 2.24. The third kappa shape index (κ3) is 5.34. The zero-order valence-corrected chi connectivity index (χ0v) is 19.0. The first-order chi connectivity index (χ1) is 15.5. The number of hydrogen-bond acceptors (Lipinski definition) is 5. The highest BCUT2D eigenvalue weighted by Crippen LogP contribution is 2.38. The van der Waals surface area contributed by atoms with Gasteiger partial charge in [-0.3, -0.25) is 14.5 Å².